The van der Waals surface area contributed by atoms with Crippen LogP contribution in [0.5, 0.6) is 5.75 Å². The molecule has 148 valence electrons. The lowest BCUT2D eigenvalue weighted by molar-refractivity contribution is -0.138. The summed E-state index contributed by atoms with van der Waals surface area (Å²) in [6.07, 6.45) is -4.45. The maximum Gasteiger partial charge on any atom is 0.416 e. The number of anilines is 1. The van der Waals surface area contributed by atoms with Crippen LogP contribution in [-0.4, -0.2) is 22.3 Å². The molecule has 3 rings (SSSR count). The van der Waals surface area contributed by atoms with Crippen LogP contribution in [0.3, 0.4) is 0 Å². The van der Waals surface area contributed by atoms with Crippen molar-refractivity contribution >= 4 is 22.8 Å². The van der Waals surface area contributed by atoms with Gasteiger partial charge in [-0.3, -0.25) is 10.4 Å². The summed E-state index contributed by atoms with van der Waals surface area (Å²) in [6, 6.07) is 9.72. The van der Waals surface area contributed by atoms with Gasteiger partial charge in [0.05, 0.1) is 11.1 Å². The van der Waals surface area contributed by atoms with Crippen LogP contribution < -0.4 is 15.4 Å². The summed E-state index contributed by atoms with van der Waals surface area (Å²) in [5.74, 6) is 0.660. The third kappa shape index (κ3) is 4.54. The van der Waals surface area contributed by atoms with Crippen LogP contribution in [0.2, 0.25) is 0 Å². The molecule has 0 bridgehead atoms. The first-order valence-corrected chi connectivity index (χ1v) is 8.57. The highest BCUT2D eigenvalue weighted by Gasteiger charge is 2.32. The Labute approximate surface area is 159 Å². The third-order valence-corrected chi connectivity index (χ3v) is 3.90. The first-order chi connectivity index (χ1) is 13.2. The van der Waals surface area contributed by atoms with Gasteiger partial charge in [0.1, 0.15) is 12.4 Å². The van der Waals surface area contributed by atoms with Crippen molar-refractivity contribution in [2.45, 2.75) is 32.7 Å². The van der Waals surface area contributed by atoms with Crippen LogP contribution in [0.15, 0.2) is 42.5 Å². The normalized spacial score (nSPS) is 11.6. The summed E-state index contributed by atoms with van der Waals surface area (Å²) in [5, 5.41) is 12.7. The number of nitrogens with one attached hydrogen (secondary N) is 3. The van der Waals surface area contributed by atoms with Crippen molar-refractivity contribution in [1.82, 2.24) is 15.5 Å². The summed E-state index contributed by atoms with van der Waals surface area (Å²) in [6.45, 7) is 3.41. The van der Waals surface area contributed by atoms with Crippen LogP contribution in [-0.2, 0) is 12.8 Å². The molecule has 0 atom stereocenters. The number of amides is 2. The highest BCUT2D eigenvalue weighted by molar-refractivity contribution is 5.99. The average Bonchev–Trinajstić information content (AvgIpc) is 3.01. The van der Waals surface area contributed by atoms with E-state index in [4.69, 9.17) is 4.74 Å². The predicted octanol–water partition coefficient (Wildman–Crippen LogP) is 4.69. The molecule has 3 N–H and O–H groups in total. The lowest BCUT2D eigenvalue weighted by atomic mass is 10.1. The van der Waals surface area contributed by atoms with Crippen molar-refractivity contribution in [2.24, 2.45) is 0 Å². The first kappa shape index (κ1) is 19.5. The minimum Gasteiger partial charge on any atom is -0.489 e. The molecule has 0 radical (unpaired) electrons. The summed E-state index contributed by atoms with van der Waals surface area (Å²) >= 11 is 0. The molecule has 2 amide bonds. The number of nitrogens with zero attached hydrogens (tertiary/aromatic N) is 1. The first-order valence-electron chi connectivity index (χ1n) is 8.57. The molecule has 3 aromatic rings. The number of carbonyl (C=O) groups excluding carboxylic acids is 1. The van der Waals surface area contributed by atoms with E-state index in [1.54, 1.807) is 18.2 Å². The van der Waals surface area contributed by atoms with Crippen molar-refractivity contribution in [2.75, 3.05) is 5.32 Å². The van der Waals surface area contributed by atoms with Crippen molar-refractivity contribution in [3.05, 3.63) is 53.6 Å². The molecule has 2 aromatic carbocycles. The highest BCUT2D eigenvalue weighted by Crippen LogP contribution is 2.32. The highest BCUT2D eigenvalue weighted by atomic mass is 19.4. The quantitative estimate of drug-likeness (QED) is 0.589. The Balaban J connectivity index is 1.78. The topological polar surface area (TPSA) is 79.0 Å². The van der Waals surface area contributed by atoms with Crippen LogP contribution >= 0.6 is 0 Å². The van der Waals surface area contributed by atoms with Gasteiger partial charge in [-0.1, -0.05) is 18.2 Å². The second-order valence-electron chi connectivity index (χ2n) is 6.48. The zero-order valence-corrected chi connectivity index (χ0v) is 15.2. The molecule has 0 aliphatic rings. The van der Waals surface area contributed by atoms with Gasteiger partial charge in [0, 0.05) is 17.0 Å². The fourth-order valence-electron chi connectivity index (χ4n) is 2.67. The van der Waals surface area contributed by atoms with E-state index in [0.717, 1.165) is 6.07 Å². The van der Waals surface area contributed by atoms with Crippen LogP contribution in [0.25, 0.3) is 10.9 Å². The minimum absolute atomic E-state index is 0.0388. The largest absolute Gasteiger partial charge is 0.489 e. The maximum absolute atomic E-state index is 13.1. The predicted molar refractivity (Wildman–Crippen MR) is 99.2 cm³/mol. The molecule has 0 aliphatic heterocycles. The number of carbonyl (C=O) groups is 1. The van der Waals surface area contributed by atoms with Gasteiger partial charge in [-0.25, -0.2) is 4.79 Å². The Bertz CT molecular complexity index is 983. The van der Waals surface area contributed by atoms with Gasteiger partial charge in [0.2, 0.25) is 0 Å². The van der Waals surface area contributed by atoms with Crippen molar-refractivity contribution in [3.63, 3.8) is 0 Å². The molecular weight excluding hydrogens is 373 g/mol. The van der Waals surface area contributed by atoms with Gasteiger partial charge in [0.15, 0.2) is 5.82 Å². The van der Waals surface area contributed by atoms with Crippen molar-refractivity contribution < 1.29 is 22.7 Å². The fourth-order valence-corrected chi connectivity index (χ4v) is 2.67. The fraction of sp³-hybridized carbons (Fsp3) is 0.263. The summed E-state index contributed by atoms with van der Waals surface area (Å²) < 4.78 is 44.8. The van der Waals surface area contributed by atoms with E-state index >= 15 is 0 Å². The lowest BCUT2D eigenvalue weighted by Crippen LogP contribution is -2.34. The average molecular weight is 392 g/mol. The van der Waals surface area contributed by atoms with Gasteiger partial charge in [0.25, 0.3) is 0 Å². The maximum atomic E-state index is 13.1. The van der Waals surface area contributed by atoms with E-state index < -0.39 is 17.8 Å². The van der Waals surface area contributed by atoms with E-state index in [1.807, 2.05) is 13.8 Å². The van der Waals surface area contributed by atoms with E-state index in [2.05, 4.69) is 20.8 Å². The number of benzene rings is 2. The second-order valence-corrected chi connectivity index (χ2v) is 6.48. The molecule has 0 saturated carbocycles. The van der Waals surface area contributed by atoms with Crippen LogP contribution in [0.1, 0.15) is 25.0 Å². The Morgan fingerprint density at radius 2 is 1.96 bits per heavy atom. The third-order valence-electron chi connectivity index (χ3n) is 3.90. The minimum atomic E-state index is -4.45. The molecule has 28 heavy (non-hydrogen) atoms. The monoisotopic (exact) mass is 392 g/mol. The molecule has 9 heteroatoms. The van der Waals surface area contributed by atoms with Crippen LogP contribution in [0, 0.1) is 0 Å². The summed E-state index contributed by atoms with van der Waals surface area (Å²) in [5.41, 5.74) is -0.0352. The number of ether oxygens (including phenoxy) is 1. The van der Waals surface area contributed by atoms with Gasteiger partial charge in [-0.05, 0) is 38.1 Å². The Kier molecular flexibility index (Phi) is 5.43. The Hall–Kier alpha value is -3.23. The zero-order valence-electron chi connectivity index (χ0n) is 15.2. The number of aromatic nitrogens is 2. The molecule has 0 fully saturated rings. The number of aromatic amines is 1. The van der Waals surface area contributed by atoms with E-state index in [-0.39, 0.29) is 18.2 Å². The molecule has 0 unspecified atom stereocenters. The van der Waals surface area contributed by atoms with E-state index in [0.29, 0.717) is 22.5 Å². The van der Waals surface area contributed by atoms with Gasteiger partial charge < -0.3 is 10.1 Å². The Morgan fingerprint density at radius 1 is 1.21 bits per heavy atom. The molecule has 0 spiro atoms. The van der Waals surface area contributed by atoms with Gasteiger partial charge in [-0.15, -0.1) is 0 Å². The number of urea groups is 1. The summed E-state index contributed by atoms with van der Waals surface area (Å²) in [4.78, 5) is 11.9. The summed E-state index contributed by atoms with van der Waals surface area (Å²) in [7, 11) is 0. The number of hydrogen-bond donors (Lipinski definition) is 3. The number of fused-ring (bicyclic) bond motifs is 1. The molecular formula is C19H19F3N4O2. The molecule has 6 nitrogen and oxygen atoms in total. The van der Waals surface area contributed by atoms with Crippen molar-refractivity contribution in [3.8, 4) is 5.75 Å². The lowest BCUT2D eigenvalue weighted by Gasteiger charge is -2.13. The number of hydrogen-bond acceptors (Lipinski definition) is 3. The number of alkyl halides is 3. The molecule has 0 aliphatic carbocycles. The molecule has 1 heterocycles. The van der Waals surface area contributed by atoms with E-state index in [1.165, 1.54) is 18.2 Å². The molecule has 0 saturated heterocycles. The smallest absolute Gasteiger partial charge is 0.416 e. The van der Waals surface area contributed by atoms with E-state index in [9.17, 15) is 18.0 Å². The van der Waals surface area contributed by atoms with Gasteiger partial charge in [-0.2, -0.15) is 18.3 Å². The number of rotatable bonds is 5. The Morgan fingerprint density at radius 3 is 2.68 bits per heavy atom. The van der Waals surface area contributed by atoms with Gasteiger partial charge >= 0.3 is 12.2 Å². The number of H-pyrrole nitrogens is 1. The SMILES string of the molecule is CC(C)NC(=O)Nc1n[nH]c2ccc(OCc3ccccc3C(F)(F)F)cc12. The van der Waals surface area contributed by atoms with Crippen molar-refractivity contribution in [1.29, 1.82) is 0 Å². The van der Waals surface area contributed by atoms with Crippen LogP contribution in [0.4, 0.5) is 23.8 Å². The second kappa shape index (κ2) is 7.79. The zero-order chi connectivity index (χ0) is 20.3. The number of halogens is 3. The standard InChI is InChI=1S/C19H19F3N4O2/c1-11(2)23-18(27)24-17-14-9-13(7-8-16(14)25-26-17)28-10-12-5-3-4-6-15(12)19(20,21)22/h3-9,11H,10H2,1-2H3,(H3,23,24,25,26,27). The molecule has 1 aromatic heterocycles.